The first-order valence-corrected chi connectivity index (χ1v) is 3.73. The normalized spacial score (nSPS) is 13.4. The highest BCUT2D eigenvalue weighted by Crippen LogP contribution is 2.39. The van der Waals surface area contributed by atoms with E-state index in [1.807, 2.05) is 4.74 Å². The van der Waals surface area contributed by atoms with Gasteiger partial charge in [-0.2, -0.15) is 17.6 Å². The molecular weight excluding hydrogens is 265 g/mol. The van der Waals surface area contributed by atoms with Crippen LogP contribution in [0, 0.1) is 0 Å². The van der Waals surface area contributed by atoms with Crippen molar-refractivity contribution in [2.24, 2.45) is 0 Å². The van der Waals surface area contributed by atoms with Crippen molar-refractivity contribution in [1.29, 1.82) is 0 Å². The number of rotatable bonds is 5. The van der Waals surface area contributed by atoms with E-state index >= 15 is 0 Å². The first-order valence-electron chi connectivity index (χ1n) is 3.73. The summed E-state index contributed by atoms with van der Waals surface area (Å²) >= 11 is 0. The summed E-state index contributed by atoms with van der Waals surface area (Å²) in [6, 6.07) is 0. The Hall–Kier alpha value is -1.32. The van der Waals surface area contributed by atoms with Crippen LogP contribution in [0.4, 0.5) is 30.7 Å². The number of alkyl halides is 7. The topological polar surface area (TPSA) is 35.5 Å². The third kappa shape index (κ3) is 5.02. The Morgan fingerprint density at radius 1 is 1.12 bits per heavy atom. The van der Waals surface area contributed by atoms with E-state index in [2.05, 4.69) is 11.3 Å². The Kier molecular flexibility index (Phi) is 4.52. The molecule has 10 heteroatoms. The van der Waals surface area contributed by atoms with Gasteiger partial charge in [-0.05, 0) is 0 Å². The summed E-state index contributed by atoms with van der Waals surface area (Å²) in [5.74, 6) is -6.83. The van der Waals surface area contributed by atoms with Crippen LogP contribution in [-0.2, 0) is 14.3 Å². The molecule has 0 aromatic heterocycles. The highest BCUT2D eigenvalue weighted by molar-refractivity contribution is 5.81. The van der Waals surface area contributed by atoms with Gasteiger partial charge in [-0.3, -0.25) is 0 Å². The zero-order chi connectivity index (χ0) is 13.9. The fraction of sp³-hybridized carbons (Fsp3) is 0.571. The predicted molar refractivity (Wildman–Crippen MR) is 38.2 cm³/mol. The Morgan fingerprint density at radius 3 is 1.94 bits per heavy atom. The summed E-state index contributed by atoms with van der Waals surface area (Å²) in [6.45, 7) is 0.488. The summed E-state index contributed by atoms with van der Waals surface area (Å²) < 4.78 is 89.4. The molecule has 0 aromatic carbocycles. The SMILES string of the molecule is C=CC(=O)OCC(F)(F)C(F)(F)OC(F)(F)F. The van der Waals surface area contributed by atoms with Crippen molar-refractivity contribution in [3.05, 3.63) is 12.7 Å². The fourth-order valence-corrected chi connectivity index (χ4v) is 0.525. The molecule has 0 aliphatic heterocycles. The van der Waals surface area contributed by atoms with Crippen LogP contribution >= 0.6 is 0 Å². The molecule has 0 radical (unpaired) electrons. The van der Waals surface area contributed by atoms with Gasteiger partial charge in [0.1, 0.15) is 0 Å². The zero-order valence-electron chi connectivity index (χ0n) is 7.86. The molecule has 3 nitrogen and oxygen atoms in total. The van der Waals surface area contributed by atoms with E-state index < -0.39 is 31.0 Å². The molecule has 0 rings (SSSR count). The fourth-order valence-electron chi connectivity index (χ4n) is 0.525. The maximum Gasteiger partial charge on any atom is 0.527 e. The molecule has 0 aliphatic carbocycles. The summed E-state index contributed by atoms with van der Waals surface area (Å²) in [5, 5.41) is 0. The van der Waals surface area contributed by atoms with E-state index in [0.717, 1.165) is 0 Å². The number of carbonyl (C=O) groups is 1. The third-order valence-electron chi connectivity index (χ3n) is 1.23. The van der Waals surface area contributed by atoms with Crippen LogP contribution in [0.25, 0.3) is 0 Å². The molecule has 0 saturated heterocycles. The van der Waals surface area contributed by atoms with Gasteiger partial charge in [-0.1, -0.05) is 6.58 Å². The van der Waals surface area contributed by atoms with Crippen LogP contribution in [0.1, 0.15) is 0 Å². The lowest BCUT2D eigenvalue weighted by Gasteiger charge is -2.25. The minimum absolute atomic E-state index is 0.374. The van der Waals surface area contributed by atoms with Crippen molar-refractivity contribution in [1.82, 2.24) is 0 Å². The maximum absolute atomic E-state index is 12.5. The van der Waals surface area contributed by atoms with E-state index in [4.69, 9.17) is 0 Å². The van der Waals surface area contributed by atoms with Crippen LogP contribution in [0.15, 0.2) is 12.7 Å². The van der Waals surface area contributed by atoms with Crippen molar-refractivity contribution in [2.45, 2.75) is 18.4 Å². The van der Waals surface area contributed by atoms with E-state index in [9.17, 15) is 35.5 Å². The summed E-state index contributed by atoms with van der Waals surface area (Å²) in [6.07, 6.45) is -11.4. The Morgan fingerprint density at radius 2 is 1.59 bits per heavy atom. The van der Waals surface area contributed by atoms with Gasteiger partial charge in [0.15, 0.2) is 6.61 Å². The minimum atomic E-state index is -5.96. The standard InChI is InChI=1S/C7H5F7O3/c1-2-4(15)16-3-5(8,9)6(10,11)17-7(12,13)14/h2H,1,3H2. The Labute approximate surface area is 89.8 Å². The lowest BCUT2D eigenvalue weighted by molar-refractivity contribution is -0.467. The van der Waals surface area contributed by atoms with Gasteiger partial charge in [-0.15, -0.1) is 13.2 Å². The Bertz CT molecular complexity index is 296. The molecule has 0 bridgehead atoms. The van der Waals surface area contributed by atoms with Gasteiger partial charge in [0.2, 0.25) is 0 Å². The maximum atomic E-state index is 12.5. The summed E-state index contributed by atoms with van der Waals surface area (Å²) in [7, 11) is 0. The minimum Gasteiger partial charge on any atom is -0.456 e. The number of halogens is 7. The highest BCUT2D eigenvalue weighted by atomic mass is 19.4. The molecule has 0 saturated carbocycles. The molecular formula is C7H5F7O3. The number of hydrogen-bond donors (Lipinski definition) is 0. The van der Waals surface area contributed by atoms with Gasteiger partial charge in [-0.25, -0.2) is 9.53 Å². The van der Waals surface area contributed by atoms with E-state index in [-0.39, 0.29) is 0 Å². The van der Waals surface area contributed by atoms with Crippen LogP contribution in [0.2, 0.25) is 0 Å². The molecule has 0 N–H and O–H groups in total. The molecule has 0 unspecified atom stereocenters. The first-order chi connectivity index (χ1) is 7.41. The van der Waals surface area contributed by atoms with Crippen molar-refractivity contribution in [2.75, 3.05) is 6.61 Å². The van der Waals surface area contributed by atoms with Crippen molar-refractivity contribution in [3.8, 4) is 0 Å². The van der Waals surface area contributed by atoms with E-state index in [1.54, 1.807) is 0 Å². The quantitative estimate of drug-likeness (QED) is 0.437. The average molecular weight is 270 g/mol. The molecule has 0 heterocycles. The third-order valence-corrected chi connectivity index (χ3v) is 1.23. The molecule has 0 aliphatic rings. The van der Waals surface area contributed by atoms with Gasteiger partial charge >= 0.3 is 24.4 Å². The van der Waals surface area contributed by atoms with Gasteiger partial charge in [0.05, 0.1) is 0 Å². The van der Waals surface area contributed by atoms with Crippen LogP contribution in [0.5, 0.6) is 0 Å². The lowest BCUT2D eigenvalue weighted by atomic mass is 10.3. The molecule has 0 atom stereocenters. The molecule has 17 heavy (non-hydrogen) atoms. The smallest absolute Gasteiger partial charge is 0.456 e. The largest absolute Gasteiger partial charge is 0.527 e. The van der Waals surface area contributed by atoms with E-state index in [1.165, 1.54) is 0 Å². The predicted octanol–water partition coefficient (Wildman–Crippen LogP) is 2.48. The summed E-state index contributed by atoms with van der Waals surface area (Å²) in [5.41, 5.74) is 0. The second-order valence-corrected chi connectivity index (χ2v) is 2.58. The number of esters is 1. The molecule has 100 valence electrons. The number of carbonyl (C=O) groups excluding carboxylic acids is 1. The van der Waals surface area contributed by atoms with Crippen molar-refractivity contribution in [3.63, 3.8) is 0 Å². The summed E-state index contributed by atoms with van der Waals surface area (Å²) in [4.78, 5) is 10.3. The monoisotopic (exact) mass is 270 g/mol. The molecule has 0 spiro atoms. The van der Waals surface area contributed by atoms with Crippen molar-refractivity contribution >= 4 is 5.97 Å². The van der Waals surface area contributed by atoms with Crippen LogP contribution < -0.4 is 0 Å². The second kappa shape index (κ2) is 4.90. The average Bonchev–Trinajstić information content (AvgIpc) is 2.10. The zero-order valence-corrected chi connectivity index (χ0v) is 7.86. The van der Waals surface area contributed by atoms with Crippen molar-refractivity contribution < 1.29 is 45.0 Å². The van der Waals surface area contributed by atoms with Crippen LogP contribution in [-0.4, -0.2) is 31.0 Å². The molecule has 0 fully saturated rings. The molecule has 0 aromatic rings. The number of ether oxygens (including phenoxy) is 2. The highest BCUT2D eigenvalue weighted by Gasteiger charge is 2.63. The van der Waals surface area contributed by atoms with Gasteiger partial charge in [0.25, 0.3) is 0 Å². The molecule has 0 amide bonds. The van der Waals surface area contributed by atoms with E-state index in [0.29, 0.717) is 6.08 Å². The first kappa shape index (κ1) is 15.7. The Balaban J connectivity index is 4.66. The van der Waals surface area contributed by atoms with Gasteiger partial charge in [0, 0.05) is 6.08 Å². The lowest BCUT2D eigenvalue weighted by Crippen LogP contribution is -2.49. The van der Waals surface area contributed by atoms with Gasteiger partial charge < -0.3 is 4.74 Å². The van der Waals surface area contributed by atoms with Crippen LogP contribution in [0.3, 0.4) is 0 Å². The number of hydrogen-bond acceptors (Lipinski definition) is 3. The second-order valence-electron chi connectivity index (χ2n) is 2.58.